The van der Waals surface area contributed by atoms with Gasteiger partial charge in [0.15, 0.2) is 5.13 Å². The first kappa shape index (κ1) is 13.5. The standard InChI is InChI=1S/C13H14FN3OS/c1-15-13-17-11(8-19-13)6-7-16-12(18)9-2-4-10(14)5-3-9/h2-5,8H,6-7H2,1H3,(H,15,17)(H,16,18). The van der Waals surface area contributed by atoms with Crippen molar-refractivity contribution in [2.45, 2.75) is 6.42 Å². The van der Waals surface area contributed by atoms with E-state index in [9.17, 15) is 9.18 Å². The predicted molar refractivity (Wildman–Crippen MR) is 74.1 cm³/mol. The zero-order chi connectivity index (χ0) is 13.7. The third-order valence-electron chi connectivity index (χ3n) is 2.54. The Labute approximate surface area is 114 Å². The second-order valence-corrected chi connectivity index (χ2v) is 4.76. The number of amides is 1. The summed E-state index contributed by atoms with van der Waals surface area (Å²) in [5, 5.41) is 8.55. The van der Waals surface area contributed by atoms with Crippen LogP contribution in [0.25, 0.3) is 0 Å². The van der Waals surface area contributed by atoms with Crippen molar-refractivity contribution in [2.24, 2.45) is 0 Å². The molecule has 0 bridgehead atoms. The molecule has 100 valence electrons. The van der Waals surface area contributed by atoms with E-state index >= 15 is 0 Å². The summed E-state index contributed by atoms with van der Waals surface area (Å²) in [4.78, 5) is 16.1. The second-order valence-electron chi connectivity index (χ2n) is 3.91. The van der Waals surface area contributed by atoms with Gasteiger partial charge in [-0.2, -0.15) is 0 Å². The van der Waals surface area contributed by atoms with Crippen LogP contribution in [-0.2, 0) is 6.42 Å². The van der Waals surface area contributed by atoms with E-state index in [0.717, 1.165) is 10.8 Å². The molecule has 19 heavy (non-hydrogen) atoms. The Bertz CT molecular complexity index is 553. The second kappa shape index (κ2) is 6.29. The largest absolute Gasteiger partial charge is 0.365 e. The third-order valence-corrected chi connectivity index (χ3v) is 3.45. The first-order valence-electron chi connectivity index (χ1n) is 5.85. The highest BCUT2D eigenvalue weighted by Gasteiger charge is 2.05. The molecule has 0 fully saturated rings. The van der Waals surface area contributed by atoms with Gasteiger partial charge in [0.25, 0.3) is 5.91 Å². The van der Waals surface area contributed by atoms with Crippen molar-refractivity contribution in [3.8, 4) is 0 Å². The number of nitrogens with one attached hydrogen (secondary N) is 2. The number of thiazole rings is 1. The SMILES string of the molecule is CNc1nc(CCNC(=O)c2ccc(F)cc2)cs1. The Morgan fingerprint density at radius 2 is 2.11 bits per heavy atom. The topological polar surface area (TPSA) is 54.0 Å². The summed E-state index contributed by atoms with van der Waals surface area (Å²) in [6.07, 6.45) is 0.672. The zero-order valence-corrected chi connectivity index (χ0v) is 11.3. The van der Waals surface area contributed by atoms with Gasteiger partial charge in [0.2, 0.25) is 0 Å². The molecule has 4 nitrogen and oxygen atoms in total. The van der Waals surface area contributed by atoms with E-state index in [1.54, 1.807) is 0 Å². The first-order valence-corrected chi connectivity index (χ1v) is 6.73. The lowest BCUT2D eigenvalue weighted by molar-refractivity contribution is 0.0954. The number of halogens is 1. The van der Waals surface area contributed by atoms with Crippen LogP contribution in [0.1, 0.15) is 16.1 Å². The lowest BCUT2D eigenvalue weighted by Gasteiger charge is -2.03. The Kier molecular flexibility index (Phi) is 4.46. The highest BCUT2D eigenvalue weighted by Crippen LogP contribution is 2.14. The Balaban J connectivity index is 1.82. The van der Waals surface area contributed by atoms with E-state index < -0.39 is 0 Å². The van der Waals surface area contributed by atoms with Gasteiger partial charge in [0, 0.05) is 31.0 Å². The minimum atomic E-state index is -0.349. The molecule has 0 aliphatic carbocycles. The van der Waals surface area contributed by atoms with Crippen LogP contribution in [0.3, 0.4) is 0 Å². The minimum absolute atomic E-state index is 0.205. The number of nitrogens with zero attached hydrogens (tertiary/aromatic N) is 1. The van der Waals surface area contributed by atoms with Gasteiger partial charge >= 0.3 is 0 Å². The number of rotatable bonds is 5. The molecular formula is C13H14FN3OS. The summed E-state index contributed by atoms with van der Waals surface area (Å²) >= 11 is 1.53. The summed E-state index contributed by atoms with van der Waals surface area (Å²) in [5.41, 5.74) is 1.39. The molecule has 1 aromatic heterocycles. The van der Waals surface area contributed by atoms with Crippen LogP contribution in [0.4, 0.5) is 9.52 Å². The van der Waals surface area contributed by atoms with Crippen LogP contribution in [0.5, 0.6) is 0 Å². The summed E-state index contributed by atoms with van der Waals surface area (Å²) in [5.74, 6) is -0.553. The number of benzene rings is 1. The molecule has 0 unspecified atom stereocenters. The number of carbonyl (C=O) groups is 1. The highest BCUT2D eigenvalue weighted by molar-refractivity contribution is 7.13. The molecule has 0 spiro atoms. The normalized spacial score (nSPS) is 10.2. The van der Waals surface area contributed by atoms with E-state index in [2.05, 4.69) is 15.6 Å². The molecule has 0 aliphatic rings. The van der Waals surface area contributed by atoms with E-state index in [1.165, 1.54) is 35.6 Å². The van der Waals surface area contributed by atoms with Crippen molar-refractivity contribution >= 4 is 22.4 Å². The van der Waals surface area contributed by atoms with Crippen LogP contribution in [0.2, 0.25) is 0 Å². The molecule has 1 heterocycles. The Morgan fingerprint density at radius 1 is 1.37 bits per heavy atom. The van der Waals surface area contributed by atoms with Crippen molar-refractivity contribution in [1.29, 1.82) is 0 Å². The molecule has 0 atom stereocenters. The van der Waals surface area contributed by atoms with Crippen molar-refractivity contribution < 1.29 is 9.18 Å². The molecule has 2 rings (SSSR count). The molecule has 1 aromatic carbocycles. The fourth-order valence-corrected chi connectivity index (χ4v) is 2.25. The van der Waals surface area contributed by atoms with E-state index in [1.807, 2.05) is 12.4 Å². The predicted octanol–water partition coefficient (Wildman–Crippen LogP) is 2.30. The van der Waals surface area contributed by atoms with E-state index in [0.29, 0.717) is 18.5 Å². The van der Waals surface area contributed by atoms with Gasteiger partial charge in [-0.25, -0.2) is 9.37 Å². The number of hydrogen-bond acceptors (Lipinski definition) is 4. The maximum Gasteiger partial charge on any atom is 0.251 e. The van der Waals surface area contributed by atoms with Crippen LogP contribution in [0, 0.1) is 5.82 Å². The van der Waals surface area contributed by atoms with Crippen molar-refractivity contribution in [3.05, 3.63) is 46.7 Å². The van der Waals surface area contributed by atoms with E-state index in [-0.39, 0.29) is 11.7 Å². The zero-order valence-electron chi connectivity index (χ0n) is 10.4. The highest BCUT2D eigenvalue weighted by atomic mass is 32.1. The van der Waals surface area contributed by atoms with Gasteiger partial charge in [-0.15, -0.1) is 11.3 Å². The summed E-state index contributed by atoms with van der Waals surface area (Å²) in [7, 11) is 1.82. The maximum atomic E-state index is 12.7. The lowest BCUT2D eigenvalue weighted by atomic mass is 10.2. The molecule has 0 radical (unpaired) electrons. The van der Waals surface area contributed by atoms with Gasteiger partial charge in [-0.05, 0) is 24.3 Å². The average Bonchev–Trinajstić information content (AvgIpc) is 2.87. The van der Waals surface area contributed by atoms with Crippen LogP contribution < -0.4 is 10.6 Å². The van der Waals surface area contributed by atoms with Crippen molar-refractivity contribution in [1.82, 2.24) is 10.3 Å². The monoisotopic (exact) mass is 279 g/mol. The fourth-order valence-electron chi connectivity index (χ4n) is 1.54. The summed E-state index contributed by atoms with van der Waals surface area (Å²) < 4.78 is 12.7. The smallest absolute Gasteiger partial charge is 0.251 e. The van der Waals surface area contributed by atoms with Gasteiger partial charge in [0.05, 0.1) is 5.69 Å². The molecule has 0 aliphatic heterocycles. The molecule has 1 amide bonds. The number of aromatic nitrogens is 1. The fraction of sp³-hybridized carbons (Fsp3) is 0.231. The quantitative estimate of drug-likeness (QED) is 0.883. The van der Waals surface area contributed by atoms with Gasteiger partial charge in [0.1, 0.15) is 5.82 Å². The molecule has 0 saturated carbocycles. The van der Waals surface area contributed by atoms with Crippen molar-refractivity contribution in [2.75, 3.05) is 18.9 Å². The molecule has 2 N–H and O–H groups in total. The minimum Gasteiger partial charge on any atom is -0.365 e. The Morgan fingerprint density at radius 3 is 2.74 bits per heavy atom. The molecule has 2 aromatic rings. The molecular weight excluding hydrogens is 265 g/mol. The number of anilines is 1. The van der Waals surface area contributed by atoms with Gasteiger partial charge in [-0.3, -0.25) is 4.79 Å². The Hall–Kier alpha value is -1.95. The van der Waals surface area contributed by atoms with Crippen molar-refractivity contribution in [3.63, 3.8) is 0 Å². The first-order chi connectivity index (χ1) is 9.19. The van der Waals surface area contributed by atoms with Gasteiger partial charge in [-0.1, -0.05) is 0 Å². The molecule has 6 heteroatoms. The molecule has 0 saturated heterocycles. The van der Waals surface area contributed by atoms with Gasteiger partial charge < -0.3 is 10.6 Å². The number of hydrogen-bond donors (Lipinski definition) is 2. The lowest BCUT2D eigenvalue weighted by Crippen LogP contribution is -2.25. The van der Waals surface area contributed by atoms with Crippen LogP contribution in [0.15, 0.2) is 29.6 Å². The van der Waals surface area contributed by atoms with Crippen LogP contribution in [-0.4, -0.2) is 24.5 Å². The maximum absolute atomic E-state index is 12.7. The third kappa shape index (κ3) is 3.75. The number of carbonyl (C=O) groups excluding carboxylic acids is 1. The summed E-state index contributed by atoms with van der Waals surface area (Å²) in [6.45, 7) is 0.503. The van der Waals surface area contributed by atoms with E-state index in [4.69, 9.17) is 0 Å². The van der Waals surface area contributed by atoms with Crippen LogP contribution >= 0.6 is 11.3 Å². The average molecular weight is 279 g/mol. The summed E-state index contributed by atoms with van der Waals surface area (Å²) in [6, 6.07) is 5.47.